The molecule has 1 aliphatic rings. The molecule has 1 rings (SSSR count). The topological polar surface area (TPSA) is 0 Å². The predicted molar refractivity (Wildman–Crippen MR) is 63.2 cm³/mol. The summed E-state index contributed by atoms with van der Waals surface area (Å²) >= 11 is 0. The summed E-state index contributed by atoms with van der Waals surface area (Å²) in [7, 11) is 0. The fraction of sp³-hybridized carbons (Fsp3) is 0.500. The number of hydrogen-bond donors (Lipinski definition) is 0. The van der Waals surface area contributed by atoms with Crippen LogP contribution in [0.25, 0.3) is 0 Å². The van der Waals surface area contributed by atoms with Crippen LogP contribution >= 0.6 is 0 Å². The van der Waals surface area contributed by atoms with E-state index in [1.165, 1.54) is 25.7 Å². The largest absolute Gasteiger partial charge is 0.130 e. The summed E-state index contributed by atoms with van der Waals surface area (Å²) in [6.07, 6.45) is 19.2. The lowest BCUT2D eigenvalue weighted by molar-refractivity contribution is 0.669. The average Bonchev–Trinajstić information content (AvgIpc) is 2.25. The van der Waals surface area contributed by atoms with Crippen molar-refractivity contribution in [2.24, 2.45) is 5.92 Å². The van der Waals surface area contributed by atoms with Crippen molar-refractivity contribution in [2.45, 2.75) is 39.0 Å². The zero-order chi connectivity index (χ0) is 10.1. The van der Waals surface area contributed by atoms with Crippen molar-refractivity contribution in [1.82, 2.24) is 0 Å². The van der Waals surface area contributed by atoms with Gasteiger partial charge in [0.25, 0.3) is 0 Å². The van der Waals surface area contributed by atoms with E-state index in [0.29, 0.717) is 5.92 Å². The van der Waals surface area contributed by atoms with Gasteiger partial charge in [-0.25, -0.2) is 0 Å². The third kappa shape index (κ3) is 4.89. The predicted octanol–water partition coefficient (Wildman–Crippen LogP) is 4.41. The maximum absolute atomic E-state index is 3.26. The standard InChI is InChI=1S/C14H20/c1-2-3-4-5-6-8-11-14-12-9-7-10-13-14/h5,7-10,12,14H,2-4,11,13H2,1H3. The second-order valence-electron chi connectivity index (χ2n) is 3.76. The molecular weight excluding hydrogens is 168 g/mol. The molecule has 14 heavy (non-hydrogen) atoms. The van der Waals surface area contributed by atoms with Gasteiger partial charge in [0.05, 0.1) is 0 Å². The maximum Gasteiger partial charge on any atom is -0.0155 e. The Morgan fingerprint density at radius 1 is 1.36 bits per heavy atom. The van der Waals surface area contributed by atoms with E-state index in [4.69, 9.17) is 0 Å². The summed E-state index contributed by atoms with van der Waals surface area (Å²) in [4.78, 5) is 0. The molecule has 0 aromatic carbocycles. The van der Waals surface area contributed by atoms with Gasteiger partial charge in [0, 0.05) is 0 Å². The molecule has 0 radical (unpaired) electrons. The van der Waals surface area contributed by atoms with E-state index in [9.17, 15) is 0 Å². The lowest BCUT2D eigenvalue weighted by atomic mass is 9.97. The van der Waals surface area contributed by atoms with Gasteiger partial charge in [-0.1, -0.05) is 37.6 Å². The lowest BCUT2D eigenvalue weighted by Gasteiger charge is -2.08. The Morgan fingerprint density at radius 3 is 3.00 bits per heavy atom. The monoisotopic (exact) mass is 188 g/mol. The quantitative estimate of drug-likeness (QED) is 0.443. The van der Waals surface area contributed by atoms with Gasteiger partial charge in [0.2, 0.25) is 0 Å². The second kappa shape index (κ2) is 7.41. The van der Waals surface area contributed by atoms with E-state index in [1.807, 2.05) is 0 Å². The van der Waals surface area contributed by atoms with Gasteiger partial charge in [-0.05, 0) is 43.8 Å². The van der Waals surface area contributed by atoms with E-state index in [0.717, 1.165) is 6.42 Å². The van der Waals surface area contributed by atoms with Gasteiger partial charge in [0.1, 0.15) is 0 Å². The number of unbranched alkanes of at least 4 members (excludes halogenated alkanes) is 2. The molecule has 0 bridgehead atoms. The van der Waals surface area contributed by atoms with Crippen molar-refractivity contribution in [1.29, 1.82) is 0 Å². The smallest absolute Gasteiger partial charge is 0.0155 e. The SMILES string of the molecule is CCCCC=C=CCC1C=CC=CC1. The molecule has 0 aromatic heterocycles. The number of rotatable bonds is 5. The normalized spacial score (nSPS) is 19.1. The van der Waals surface area contributed by atoms with E-state index < -0.39 is 0 Å². The van der Waals surface area contributed by atoms with Crippen molar-refractivity contribution < 1.29 is 0 Å². The van der Waals surface area contributed by atoms with E-state index >= 15 is 0 Å². The molecule has 0 heteroatoms. The Morgan fingerprint density at radius 2 is 2.29 bits per heavy atom. The summed E-state index contributed by atoms with van der Waals surface area (Å²) in [6, 6.07) is 0. The average molecular weight is 188 g/mol. The van der Waals surface area contributed by atoms with Gasteiger partial charge in [0.15, 0.2) is 0 Å². The Kier molecular flexibility index (Phi) is 5.86. The van der Waals surface area contributed by atoms with Crippen LogP contribution in [0.2, 0.25) is 0 Å². The van der Waals surface area contributed by atoms with E-state index in [2.05, 4.69) is 49.1 Å². The van der Waals surface area contributed by atoms with E-state index in [1.54, 1.807) is 0 Å². The first-order valence-electron chi connectivity index (χ1n) is 5.66. The summed E-state index contributed by atoms with van der Waals surface area (Å²) in [5, 5.41) is 0. The fourth-order valence-corrected chi connectivity index (χ4v) is 1.50. The van der Waals surface area contributed by atoms with Crippen LogP contribution in [0, 0.1) is 5.92 Å². The van der Waals surface area contributed by atoms with Gasteiger partial charge in [-0.3, -0.25) is 0 Å². The Bertz CT molecular complexity index is 249. The molecule has 0 saturated heterocycles. The summed E-state index contributed by atoms with van der Waals surface area (Å²) in [6.45, 7) is 2.22. The molecule has 76 valence electrons. The fourth-order valence-electron chi connectivity index (χ4n) is 1.50. The van der Waals surface area contributed by atoms with Crippen molar-refractivity contribution in [2.75, 3.05) is 0 Å². The molecular formula is C14H20. The molecule has 0 N–H and O–H groups in total. The highest BCUT2D eigenvalue weighted by Crippen LogP contribution is 2.15. The van der Waals surface area contributed by atoms with Gasteiger partial charge in [-0.15, -0.1) is 5.73 Å². The molecule has 1 unspecified atom stereocenters. The summed E-state index contributed by atoms with van der Waals surface area (Å²) in [5.74, 6) is 0.701. The van der Waals surface area contributed by atoms with Crippen LogP contribution in [-0.2, 0) is 0 Å². The first-order valence-corrected chi connectivity index (χ1v) is 5.66. The summed E-state index contributed by atoms with van der Waals surface area (Å²) < 4.78 is 0. The Balaban J connectivity index is 2.16. The van der Waals surface area contributed by atoms with E-state index in [-0.39, 0.29) is 0 Å². The maximum atomic E-state index is 3.26. The van der Waals surface area contributed by atoms with Crippen molar-refractivity contribution in [3.05, 3.63) is 42.2 Å². The molecule has 1 aliphatic carbocycles. The van der Waals surface area contributed by atoms with Gasteiger partial charge < -0.3 is 0 Å². The lowest BCUT2D eigenvalue weighted by Crippen LogP contribution is -1.94. The van der Waals surface area contributed by atoms with Crippen molar-refractivity contribution >= 4 is 0 Å². The Labute approximate surface area is 87.7 Å². The van der Waals surface area contributed by atoms with Gasteiger partial charge in [-0.2, -0.15) is 0 Å². The third-order valence-corrected chi connectivity index (χ3v) is 2.43. The molecule has 0 aromatic rings. The van der Waals surface area contributed by atoms with Crippen LogP contribution in [-0.4, -0.2) is 0 Å². The molecule has 0 heterocycles. The van der Waals surface area contributed by atoms with Crippen LogP contribution in [0.3, 0.4) is 0 Å². The zero-order valence-electron chi connectivity index (χ0n) is 9.08. The Hall–Kier alpha value is -1.00. The van der Waals surface area contributed by atoms with Crippen LogP contribution in [0.15, 0.2) is 42.2 Å². The first kappa shape index (κ1) is 11.1. The van der Waals surface area contributed by atoms with Crippen molar-refractivity contribution in [3.63, 3.8) is 0 Å². The molecule has 0 aliphatic heterocycles. The molecule has 0 amide bonds. The van der Waals surface area contributed by atoms with Crippen molar-refractivity contribution in [3.8, 4) is 0 Å². The minimum atomic E-state index is 0.701. The molecule has 0 saturated carbocycles. The first-order chi connectivity index (χ1) is 6.93. The highest BCUT2D eigenvalue weighted by Gasteiger charge is 2.01. The van der Waals surface area contributed by atoms with Crippen LogP contribution in [0.5, 0.6) is 0 Å². The minimum Gasteiger partial charge on any atom is -0.130 e. The minimum absolute atomic E-state index is 0.701. The van der Waals surface area contributed by atoms with Crippen LogP contribution in [0.1, 0.15) is 39.0 Å². The highest BCUT2D eigenvalue weighted by molar-refractivity contribution is 5.11. The van der Waals surface area contributed by atoms with Gasteiger partial charge >= 0.3 is 0 Å². The summed E-state index contributed by atoms with van der Waals surface area (Å²) in [5.41, 5.74) is 3.26. The molecule has 0 spiro atoms. The second-order valence-corrected chi connectivity index (χ2v) is 3.76. The third-order valence-electron chi connectivity index (χ3n) is 2.43. The highest BCUT2D eigenvalue weighted by atomic mass is 14.1. The zero-order valence-corrected chi connectivity index (χ0v) is 9.08. The number of hydrogen-bond acceptors (Lipinski definition) is 0. The molecule has 0 fully saturated rings. The van der Waals surface area contributed by atoms with Crippen LogP contribution in [0.4, 0.5) is 0 Å². The van der Waals surface area contributed by atoms with Crippen LogP contribution < -0.4 is 0 Å². The number of allylic oxidation sites excluding steroid dienone is 5. The molecule has 1 atom stereocenters. The molecule has 0 nitrogen and oxygen atoms in total.